The first kappa shape index (κ1) is 9.00. The van der Waals surface area contributed by atoms with Crippen molar-refractivity contribution in [2.24, 2.45) is 0 Å². The van der Waals surface area contributed by atoms with E-state index in [0.29, 0.717) is 0 Å². The highest BCUT2D eigenvalue weighted by molar-refractivity contribution is 5.17. The van der Waals surface area contributed by atoms with Crippen LogP contribution in [0.5, 0.6) is 5.75 Å². The number of aliphatic hydroxyl groups is 1. The van der Waals surface area contributed by atoms with E-state index in [1.807, 2.05) is 0 Å². The monoisotopic (exact) mass is 167 g/mol. The van der Waals surface area contributed by atoms with Crippen LogP contribution in [-0.2, 0) is 6.42 Å². The van der Waals surface area contributed by atoms with E-state index < -0.39 is 0 Å². The summed E-state index contributed by atoms with van der Waals surface area (Å²) in [5.74, 6) is 0.195. The molecule has 0 saturated heterocycles. The molecule has 0 unspecified atom stereocenters. The van der Waals surface area contributed by atoms with Crippen LogP contribution in [0.1, 0.15) is 18.5 Å². The van der Waals surface area contributed by atoms with Crippen LogP contribution in [-0.4, -0.2) is 21.8 Å². The fourth-order valence-corrected chi connectivity index (χ4v) is 0.982. The number of nitrogens with zero attached hydrogens (tertiary/aromatic N) is 1. The summed E-state index contributed by atoms with van der Waals surface area (Å²) in [6.45, 7) is 0.234. The molecule has 0 aliphatic rings. The molecule has 0 aliphatic heterocycles. The minimum absolute atomic E-state index is 0.195. The van der Waals surface area contributed by atoms with Crippen molar-refractivity contribution >= 4 is 0 Å². The van der Waals surface area contributed by atoms with Crippen LogP contribution in [0.15, 0.2) is 18.3 Å². The van der Waals surface area contributed by atoms with Crippen LogP contribution in [0, 0.1) is 0 Å². The van der Waals surface area contributed by atoms with Gasteiger partial charge in [-0.15, -0.1) is 0 Å². The molecule has 1 rings (SSSR count). The van der Waals surface area contributed by atoms with E-state index in [0.717, 1.165) is 25.0 Å². The minimum atomic E-state index is 0.195. The van der Waals surface area contributed by atoms with Gasteiger partial charge in [0.1, 0.15) is 5.75 Å². The van der Waals surface area contributed by atoms with Gasteiger partial charge >= 0.3 is 0 Å². The molecule has 0 aliphatic carbocycles. The van der Waals surface area contributed by atoms with Gasteiger partial charge in [-0.3, -0.25) is 4.98 Å². The average molecular weight is 167 g/mol. The number of aromatic hydroxyl groups is 1. The normalized spacial score (nSPS) is 10.1. The van der Waals surface area contributed by atoms with Crippen molar-refractivity contribution in [3.63, 3.8) is 0 Å². The second-order valence-electron chi connectivity index (χ2n) is 2.69. The van der Waals surface area contributed by atoms with Crippen molar-refractivity contribution in [2.75, 3.05) is 6.61 Å². The van der Waals surface area contributed by atoms with Gasteiger partial charge in [0.05, 0.1) is 6.20 Å². The zero-order valence-corrected chi connectivity index (χ0v) is 6.90. The van der Waals surface area contributed by atoms with Crippen molar-refractivity contribution in [2.45, 2.75) is 19.3 Å². The smallest absolute Gasteiger partial charge is 0.133 e. The molecule has 0 aromatic carbocycles. The summed E-state index contributed by atoms with van der Waals surface area (Å²) in [5.41, 5.74) is 0.959. The Morgan fingerprint density at radius 1 is 1.25 bits per heavy atom. The highest BCUT2D eigenvalue weighted by Crippen LogP contribution is 2.07. The Balaban J connectivity index is 2.37. The van der Waals surface area contributed by atoms with Gasteiger partial charge in [-0.05, 0) is 31.4 Å². The minimum Gasteiger partial charge on any atom is -0.506 e. The molecule has 0 atom stereocenters. The lowest BCUT2D eigenvalue weighted by molar-refractivity contribution is 0.284. The molecule has 0 amide bonds. The lowest BCUT2D eigenvalue weighted by atomic mass is 10.2. The molecule has 0 saturated carbocycles. The van der Waals surface area contributed by atoms with Gasteiger partial charge in [-0.2, -0.15) is 0 Å². The van der Waals surface area contributed by atoms with E-state index in [2.05, 4.69) is 4.98 Å². The second-order valence-corrected chi connectivity index (χ2v) is 2.69. The van der Waals surface area contributed by atoms with E-state index >= 15 is 0 Å². The lowest BCUT2D eigenvalue weighted by Crippen LogP contribution is -1.91. The first-order valence-electron chi connectivity index (χ1n) is 4.07. The Morgan fingerprint density at radius 2 is 2.08 bits per heavy atom. The largest absolute Gasteiger partial charge is 0.506 e. The maximum absolute atomic E-state index is 8.93. The Morgan fingerprint density at radius 3 is 2.67 bits per heavy atom. The zero-order valence-electron chi connectivity index (χ0n) is 6.90. The predicted molar refractivity (Wildman–Crippen MR) is 45.9 cm³/mol. The van der Waals surface area contributed by atoms with Gasteiger partial charge in [-0.25, -0.2) is 0 Å². The van der Waals surface area contributed by atoms with Crippen molar-refractivity contribution < 1.29 is 10.2 Å². The van der Waals surface area contributed by atoms with Crippen molar-refractivity contribution in [1.29, 1.82) is 0 Å². The van der Waals surface area contributed by atoms with Crippen molar-refractivity contribution in [3.05, 3.63) is 24.0 Å². The molecule has 66 valence electrons. The average Bonchev–Trinajstić information content (AvgIpc) is 2.09. The summed E-state index contributed by atoms with van der Waals surface area (Å²) >= 11 is 0. The van der Waals surface area contributed by atoms with Gasteiger partial charge < -0.3 is 10.2 Å². The summed E-state index contributed by atoms with van der Waals surface area (Å²) in [7, 11) is 0. The summed E-state index contributed by atoms with van der Waals surface area (Å²) in [6.07, 6.45) is 4.05. The number of rotatable bonds is 4. The van der Waals surface area contributed by atoms with Crippen LogP contribution < -0.4 is 0 Å². The maximum Gasteiger partial charge on any atom is 0.133 e. The van der Waals surface area contributed by atoms with Crippen LogP contribution in [0.2, 0.25) is 0 Å². The molecule has 2 N–H and O–H groups in total. The molecule has 1 aromatic heterocycles. The Labute approximate surface area is 71.7 Å². The van der Waals surface area contributed by atoms with E-state index in [4.69, 9.17) is 10.2 Å². The van der Waals surface area contributed by atoms with Crippen LogP contribution in [0.25, 0.3) is 0 Å². The third-order valence-electron chi connectivity index (χ3n) is 1.65. The molecule has 3 nitrogen and oxygen atoms in total. The molecule has 12 heavy (non-hydrogen) atoms. The molecule has 1 aromatic rings. The molecular weight excluding hydrogens is 154 g/mol. The predicted octanol–water partition coefficient (Wildman–Crippen LogP) is 1.10. The van der Waals surface area contributed by atoms with Crippen molar-refractivity contribution in [3.8, 4) is 5.75 Å². The third-order valence-corrected chi connectivity index (χ3v) is 1.65. The number of unbranched alkanes of at least 4 members (excludes halogenated alkanes) is 1. The van der Waals surface area contributed by atoms with E-state index in [1.165, 1.54) is 6.20 Å². The SMILES string of the molecule is OCCCCc1ccc(O)cn1. The Kier molecular flexibility index (Phi) is 3.54. The molecule has 0 spiro atoms. The van der Waals surface area contributed by atoms with Crippen LogP contribution >= 0.6 is 0 Å². The van der Waals surface area contributed by atoms with Gasteiger partial charge in [0.2, 0.25) is 0 Å². The summed E-state index contributed by atoms with van der Waals surface area (Å²) in [4.78, 5) is 4.02. The number of hydrogen-bond donors (Lipinski definition) is 2. The fraction of sp³-hybridized carbons (Fsp3) is 0.444. The number of aliphatic hydroxyl groups excluding tert-OH is 1. The molecule has 0 fully saturated rings. The Hall–Kier alpha value is -1.09. The van der Waals surface area contributed by atoms with Crippen LogP contribution in [0.3, 0.4) is 0 Å². The number of pyridine rings is 1. The van der Waals surface area contributed by atoms with Gasteiger partial charge in [0.15, 0.2) is 0 Å². The van der Waals surface area contributed by atoms with Crippen molar-refractivity contribution in [1.82, 2.24) is 4.98 Å². The lowest BCUT2D eigenvalue weighted by Gasteiger charge is -1.98. The van der Waals surface area contributed by atoms with Gasteiger partial charge in [0, 0.05) is 12.3 Å². The van der Waals surface area contributed by atoms with Gasteiger partial charge in [-0.1, -0.05) is 0 Å². The molecule has 0 radical (unpaired) electrons. The summed E-state index contributed by atoms with van der Waals surface area (Å²) in [5, 5.41) is 17.5. The van der Waals surface area contributed by atoms with Gasteiger partial charge in [0.25, 0.3) is 0 Å². The fourth-order valence-electron chi connectivity index (χ4n) is 0.982. The first-order valence-corrected chi connectivity index (χ1v) is 4.07. The van der Waals surface area contributed by atoms with E-state index in [9.17, 15) is 0 Å². The molecule has 0 bridgehead atoms. The zero-order chi connectivity index (χ0) is 8.81. The molecule has 3 heteroatoms. The summed E-state index contributed by atoms with van der Waals surface area (Å²) in [6, 6.07) is 3.42. The van der Waals surface area contributed by atoms with Crippen LogP contribution in [0.4, 0.5) is 0 Å². The van der Waals surface area contributed by atoms with E-state index in [-0.39, 0.29) is 12.4 Å². The quantitative estimate of drug-likeness (QED) is 0.660. The number of aromatic nitrogens is 1. The number of aryl methyl sites for hydroxylation is 1. The molecule has 1 heterocycles. The number of hydrogen-bond acceptors (Lipinski definition) is 3. The second kappa shape index (κ2) is 4.72. The standard InChI is InChI=1S/C9H13NO2/c11-6-2-1-3-8-4-5-9(12)7-10-8/h4-5,7,11-12H,1-3,6H2. The third kappa shape index (κ3) is 2.88. The first-order chi connectivity index (χ1) is 5.83. The topological polar surface area (TPSA) is 53.4 Å². The van der Waals surface area contributed by atoms with E-state index in [1.54, 1.807) is 12.1 Å². The maximum atomic E-state index is 8.93. The summed E-state index contributed by atoms with van der Waals surface area (Å²) < 4.78 is 0. The highest BCUT2D eigenvalue weighted by Gasteiger charge is 1.94. The highest BCUT2D eigenvalue weighted by atomic mass is 16.3. The Bertz CT molecular complexity index is 220. The molecular formula is C9H13NO2.